The Balaban J connectivity index is 2.21. The fourth-order valence-electron chi connectivity index (χ4n) is 1.87. The fraction of sp³-hybridized carbons (Fsp3) is 0.462. The standard InChI is InChI=1S/C13H19FN6/c1-5-10(11-15-6-8(2)17-11)18-13-16-7-9(14)12(19-13)20(3)4/h6-7,10H,5H2,1-4H3,(H,15,17)(H,16,18,19). The molecule has 0 aliphatic carbocycles. The SMILES string of the molecule is CCC(Nc1ncc(F)c(N(C)C)n1)c1ncc(C)[nH]1. The van der Waals surface area contributed by atoms with Gasteiger partial charge in [-0.1, -0.05) is 6.92 Å². The van der Waals surface area contributed by atoms with E-state index >= 15 is 0 Å². The second-order valence-corrected chi connectivity index (χ2v) is 4.82. The molecule has 0 fully saturated rings. The summed E-state index contributed by atoms with van der Waals surface area (Å²) in [5, 5.41) is 3.17. The molecule has 0 saturated heterocycles. The number of rotatable bonds is 5. The van der Waals surface area contributed by atoms with E-state index in [-0.39, 0.29) is 11.9 Å². The molecule has 0 radical (unpaired) electrons. The first-order chi connectivity index (χ1) is 9.51. The van der Waals surface area contributed by atoms with Crippen molar-refractivity contribution in [1.82, 2.24) is 19.9 Å². The van der Waals surface area contributed by atoms with Gasteiger partial charge in [-0.2, -0.15) is 4.98 Å². The van der Waals surface area contributed by atoms with Crippen LogP contribution in [-0.4, -0.2) is 34.0 Å². The minimum atomic E-state index is -0.442. The van der Waals surface area contributed by atoms with Gasteiger partial charge in [0.15, 0.2) is 11.6 Å². The largest absolute Gasteiger partial charge is 0.360 e. The van der Waals surface area contributed by atoms with Crippen molar-refractivity contribution in [2.24, 2.45) is 0 Å². The molecule has 0 aliphatic rings. The first-order valence-electron chi connectivity index (χ1n) is 6.49. The second kappa shape index (κ2) is 5.85. The number of aryl methyl sites for hydroxylation is 1. The molecule has 0 aromatic carbocycles. The van der Waals surface area contributed by atoms with Crippen LogP contribution in [0.4, 0.5) is 16.2 Å². The lowest BCUT2D eigenvalue weighted by Crippen LogP contribution is -2.17. The molecular formula is C13H19FN6. The third-order valence-corrected chi connectivity index (χ3v) is 2.91. The van der Waals surface area contributed by atoms with E-state index in [2.05, 4.69) is 25.3 Å². The summed E-state index contributed by atoms with van der Waals surface area (Å²) in [6, 6.07) is -0.0378. The molecule has 2 heterocycles. The Morgan fingerprint density at radius 2 is 2.10 bits per heavy atom. The van der Waals surface area contributed by atoms with Crippen molar-refractivity contribution in [3.63, 3.8) is 0 Å². The lowest BCUT2D eigenvalue weighted by Gasteiger charge is -2.17. The van der Waals surface area contributed by atoms with Crippen LogP contribution in [-0.2, 0) is 0 Å². The van der Waals surface area contributed by atoms with E-state index in [9.17, 15) is 4.39 Å². The molecular weight excluding hydrogens is 259 g/mol. The molecule has 2 aromatic rings. The lowest BCUT2D eigenvalue weighted by molar-refractivity contribution is 0.610. The fourth-order valence-corrected chi connectivity index (χ4v) is 1.87. The number of anilines is 2. The highest BCUT2D eigenvalue weighted by molar-refractivity contribution is 5.43. The number of aromatic nitrogens is 4. The van der Waals surface area contributed by atoms with Gasteiger partial charge in [0, 0.05) is 26.0 Å². The summed E-state index contributed by atoms with van der Waals surface area (Å²) in [5.74, 6) is 1.02. The molecule has 7 heteroatoms. The van der Waals surface area contributed by atoms with E-state index < -0.39 is 5.82 Å². The summed E-state index contributed by atoms with van der Waals surface area (Å²) >= 11 is 0. The lowest BCUT2D eigenvalue weighted by atomic mass is 10.2. The van der Waals surface area contributed by atoms with Crippen LogP contribution in [0.2, 0.25) is 0 Å². The summed E-state index contributed by atoms with van der Waals surface area (Å²) in [5.41, 5.74) is 0.995. The number of hydrogen-bond acceptors (Lipinski definition) is 5. The van der Waals surface area contributed by atoms with E-state index in [1.807, 2.05) is 13.8 Å². The van der Waals surface area contributed by atoms with Crippen molar-refractivity contribution in [2.75, 3.05) is 24.3 Å². The van der Waals surface area contributed by atoms with Crippen LogP contribution in [0.1, 0.15) is 30.9 Å². The maximum Gasteiger partial charge on any atom is 0.225 e. The minimum Gasteiger partial charge on any atom is -0.360 e. The van der Waals surface area contributed by atoms with Gasteiger partial charge in [-0.25, -0.2) is 14.4 Å². The van der Waals surface area contributed by atoms with Crippen molar-refractivity contribution in [3.8, 4) is 0 Å². The zero-order valence-electron chi connectivity index (χ0n) is 12.1. The van der Waals surface area contributed by atoms with Crippen molar-refractivity contribution in [2.45, 2.75) is 26.3 Å². The molecule has 20 heavy (non-hydrogen) atoms. The number of H-pyrrole nitrogens is 1. The highest BCUT2D eigenvalue weighted by Gasteiger charge is 2.15. The molecule has 2 N–H and O–H groups in total. The average molecular weight is 278 g/mol. The maximum absolute atomic E-state index is 13.6. The van der Waals surface area contributed by atoms with Gasteiger partial charge >= 0.3 is 0 Å². The number of nitrogens with zero attached hydrogens (tertiary/aromatic N) is 4. The Morgan fingerprint density at radius 1 is 1.35 bits per heavy atom. The predicted molar refractivity (Wildman–Crippen MR) is 76.3 cm³/mol. The Kier molecular flexibility index (Phi) is 4.16. The van der Waals surface area contributed by atoms with Crippen molar-refractivity contribution < 1.29 is 4.39 Å². The second-order valence-electron chi connectivity index (χ2n) is 4.82. The van der Waals surface area contributed by atoms with Gasteiger partial charge in [-0.3, -0.25) is 0 Å². The molecule has 1 unspecified atom stereocenters. The van der Waals surface area contributed by atoms with Gasteiger partial charge < -0.3 is 15.2 Å². The van der Waals surface area contributed by atoms with Crippen LogP contribution < -0.4 is 10.2 Å². The van der Waals surface area contributed by atoms with Crippen molar-refractivity contribution in [3.05, 3.63) is 29.7 Å². The van der Waals surface area contributed by atoms with E-state index in [4.69, 9.17) is 0 Å². The predicted octanol–water partition coefficient (Wildman–Crippen LogP) is 2.28. The van der Waals surface area contributed by atoms with Gasteiger partial charge in [0.2, 0.25) is 5.95 Å². The number of hydrogen-bond donors (Lipinski definition) is 2. The molecule has 1 atom stereocenters. The molecule has 0 amide bonds. The molecule has 0 spiro atoms. The van der Waals surface area contributed by atoms with Gasteiger partial charge in [-0.05, 0) is 13.3 Å². The monoisotopic (exact) mass is 278 g/mol. The van der Waals surface area contributed by atoms with Gasteiger partial charge in [-0.15, -0.1) is 0 Å². The normalized spacial score (nSPS) is 12.2. The highest BCUT2D eigenvalue weighted by Crippen LogP contribution is 2.20. The Hall–Kier alpha value is -2.18. The highest BCUT2D eigenvalue weighted by atomic mass is 19.1. The number of halogens is 1. The zero-order valence-corrected chi connectivity index (χ0v) is 12.1. The molecule has 2 aromatic heterocycles. The number of aromatic amines is 1. The first-order valence-corrected chi connectivity index (χ1v) is 6.49. The minimum absolute atomic E-state index is 0.0378. The zero-order chi connectivity index (χ0) is 14.7. The summed E-state index contributed by atoms with van der Waals surface area (Å²) in [6.07, 6.45) is 3.76. The summed E-state index contributed by atoms with van der Waals surface area (Å²) in [4.78, 5) is 17.2. The molecule has 0 aliphatic heterocycles. The van der Waals surface area contributed by atoms with E-state index in [1.54, 1.807) is 25.2 Å². The van der Waals surface area contributed by atoms with Gasteiger partial charge in [0.05, 0.1) is 12.2 Å². The van der Waals surface area contributed by atoms with E-state index in [0.717, 1.165) is 17.9 Å². The van der Waals surface area contributed by atoms with Crippen LogP contribution in [0.25, 0.3) is 0 Å². The molecule has 108 valence electrons. The summed E-state index contributed by atoms with van der Waals surface area (Å²) < 4.78 is 13.6. The van der Waals surface area contributed by atoms with Crippen molar-refractivity contribution in [1.29, 1.82) is 0 Å². The van der Waals surface area contributed by atoms with Gasteiger partial charge in [0.1, 0.15) is 5.82 Å². The smallest absolute Gasteiger partial charge is 0.225 e. The van der Waals surface area contributed by atoms with Crippen molar-refractivity contribution >= 4 is 11.8 Å². The first kappa shape index (κ1) is 14.2. The Labute approximate surface area is 117 Å². The summed E-state index contributed by atoms with van der Waals surface area (Å²) in [6.45, 7) is 3.98. The number of nitrogens with one attached hydrogen (secondary N) is 2. The van der Waals surface area contributed by atoms with Crippen LogP contribution in [0.5, 0.6) is 0 Å². The third-order valence-electron chi connectivity index (χ3n) is 2.91. The van der Waals surface area contributed by atoms with Crippen LogP contribution in [0, 0.1) is 12.7 Å². The third kappa shape index (κ3) is 3.04. The average Bonchev–Trinajstić information content (AvgIpc) is 2.84. The van der Waals surface area contributed by atoms with E-state index in [1.165, 1.54) is 6.20 Å². The van der Waals surface area contributed by atoms with Crippen LogP contribution >= 0.6 is 0 Å². The van der Waals surface area contributed by atoms with Crippen LogP contribution in [0.15, 0.2) is 12.4 Å². The topological polar surface area (TPSA) is 69.7 Å². The molecule has 6 nitrogen and oxygen atoms in total. The van der Waals surface area contributed by atoms with Gasteiger partial charge in [0.25, 0.3) is 0 Å². The quantitative estimate of drug-likeness (QED) is 0.878. The maximum atomic E-state index is 13.6. The Bertz CT molecular complexity index is 580. The molecule has 0 bridgehead atoms. The summed E-state index contributed by atoms with van der Waals surface area (Å²) in [7, 11) is 3.48. The molecule has 2 rings (SSSR count). The Morgan fingerprint density at radius 3 is 2.65 bits per heavy atom. The van der Waals surface area contributed by atoms with E-state index in [0.29, 0.717) is 5.95 Å². The molecule has 0 saturated carbocycles. The number of imidazole rings is 1. The van der Waals surface area contributed by atoms with Crippen LogP contribution in [0.3, 0.4) is 0 Å².